The molecular formula is C16H35IN4O2. The highest BCUT2D eigenvalue weighted by Gasteiger charge is 2.20. The van der Waals surface area contributed by atoms with Crippen LogP contribution in [0.5, 0.6) is 0 Å². The maximum atomic E-state index is 5.84. The topological polar surface area (TPSA) is 58.1 Å². The van der Waals surface area contributed by atoms with Gasteiger partial charge in [0.05, 0.1) is 25.9 Å². The molecule has 0 amide bonds. The molecule has 0 aromatic carbocycles. The number of hydrogen-bond acceptors (Lipinski definition) is 4. The summed E-state index contributed by atoms with van der Waals surface area (Å²) in [7, 11) is 1.71. The summed E-state index contributed by atoms with van der Waals surface area (Å²) >= 11 is 0. The van der Waals surface area contributed by atoms with Crippen LogP contribution in [0.3, 0.4) is 0 Å². The van der Waals surface area contributed by atoms with E-state index in [-0.39, 0.29) is 36.1 Å². The predicted molar refractivity (Wildman–Crippen MR) is 107 cm³/mol. The normalized spacial score (nSPS) is 21.0. The van der Waals surface area contributed by atoms with Crippen molar-refractivity contribution >= 4 is 29.9 Å². The fourth-order valence-electron chi connectivity index (χ4n) is 2.61. The molecule has 0 aromatic heterocycles. The number of nitrogens with one attached hydrogen (secondary N) is 2. The average molecular weight is 442 g/mol. The number of rotatable bonds is 8. The van der Waals surface area contributed by atoms with Crippen LogP contribution in [0.2, 0.25) is 0 Å². The Hall–Kier alpha value is -0.120. The van der Waals surface area contributed by atoms with Gasteiger partial charge >= 0.3 is 0 Å². The van der Waals surface area contributed by atoms with E-state index in [4.69, 9.17) is 9.47 Å². The highest BCUT2D eigenvalue weighted by atomic mass is 127. The van der Waals surface area contributed by atoms with Gasteiger partial charge in [0, 0.05) is 39.3 Å². The fourth-order valence-corrected chi connectivity index (χ4v) is 2.61. The van der Waals surface area contributed by atoms with Crippen molar-refractivity contribution in [1.29, 1.82) is 0 Å². The second-order valence-corrected chi connectivity index (χ2v) is 6.37. The van der Waals surface area contributed by atoms with E-state index in [1.165, 1.54) is 0 Å². The van der Waals surface area contributed by atoms with Crippen LogP contribution in [0.15, 0.2) is 4.99 Å². The molecule has 1 fully saturated rings. The van der Waals surface area contributed by atoms with Crippen molar-refractivity contribution in [2.45, 2.75) is 39.8 Å². The molecule has 1 heterocycles. The van der Waals surface area contributed by atoms with Crippen molar-refractivity contribution in [1.82, 2.24) is 15.5 Å². The second kappa shape index (κ2) is 13.2. The van der Waals surface area contributed by atoms with Crippen molar-refractivity contribution in [2.24, 2.45) is 10.9 Å². The van der Waals surface area contributed by atoms with E-state index in [0.717, 1.165) is 38.7 Å². The third kappa shape index (κ3) is 10.4. The van der Waals surface area contributed by atoms with E-state index in [2.05, 4.69) is 48.2 Å². The maximum absolute atomic E-state index is 5.84. The Balaban J connectivity index is 0.00000484. The molecule has 1 aliphatic rings. The maximum Gasteiger partial charge on any atom is 0.191 e. The molecule has 23 heavy (non-hydrogen) atoms. The van der Waals surface area contributed by atoms with Gasteiger partial charge in [-0.05, 0) is 19.8 Å². The summed E-state index contributed by atoms with van der Waals surface area (Å²) in [5, 5.41) is 6.62. The third-order valence-electron chi connectivity index (χ3n) is 3.44. The van der Waals surface area contributed by atoms with Gasteiger partial charge in [-0.3, -0.25) is 9.89 Å². The number of methoxy groups -OCH3 is 1. The van der Waals surface area contributed by atoms with Crippen LogP contribution in [0.25, 0.3) is 0 Å². The van der Waals surface area contributed by atoms with Gasteiger partial charge in [-0.2, -0.15) is 0 Å². The molecule has 1 saturated heterocycles. The van der Waals surface area contributed by atoms with Crippen LogP contribution in [0.1, 0.15) is 27.7 Å². The van der Waals surface area contributed by atoms with Crippen LogP contribution >= 0.6 is 24.0 Å². The number of nitrogens with zero attached hydrogens (tertiary/aromatic N) is 2. The largest absolute Gasteiger partial charge is 0.383 e. The lowest BCUT2D eigenvalue weighted by Gasteiger charge is -2.33. The lowest BCUT2D eigenvalue weighted by Crippen LogP contribution is -2.47. The monoisotopic (exact) mass is 442 g/mol. The van der Waals surface area contributed by atoms with Gasteiger partial charge in [0.1, 0.15) is 0 Å². The zero-order chi connectivity index (χ0) is 16.4. The minimum absolute atomic E-state index is 0. The predicted octanol–water partition coefficient (Wildman–Crippen LogP) is 1.55. The standard InChI is InChI=1S/C16H34N4O2.HI/c1-6-17-16(19-14(4)12-21-5)18-9-15-11-20(7-8-22-15)10-13(2)3;/h13-15H,6-12H2,1-5H3,(H2,17,18,19);1H. The Bertz CT molecular complexity index is 329. The number of aliphatic imine (C=N–C) groups is 1. The zero-order valence-electron chi connectivity index (χ0n) is 15.3. The quantitative estimate of drug-likeness (QED) is 0.340. The van der Waals surface area contributed by atoms with E-state index >= 15 is 0 Å². The van der Waals surface area contributed by atoms with Crippen LogP contribution in [0, 0.1) is 5.92 Å². The summed E-state index contributed by atoms with van der Waals surface area (Å²) in [5.41, 5.74) is 0. The van der Waals surface area contributed by atoms with Crippen molar-refractivity contribution in [2.75, 3.05) is 53.0 Å². The van der Waals surface area contributed by atoms with Crippen molar-refractivity contribution < 1.29 is 9.47 Å². The lowest BCUT2D eigenvalue weighted by molar-refractivity contribution is -0.0262. The number of guanidine groups is 1. The summed E-state index contributed by atoms with van der Waals surface area (Å²) in [4.78, 5) is 7.13. The molecule has 0 bridgehead atoms. The van der Waals surface area contributed by atoms with Gasteiger partial charge in [-0.25, -0.2) is 0 Å². The Morgan fingerprint density at radius 1 is 1.39 bits per heavy atom. The summed E-state index contributed by atoms with van der Waals surface area (Å²) < 4.78 is 11.0. The van der Waals surface area contributed by atoms with Gasteiger partial charge in [-0.15, -0.1) is 24.0 Å². The Kier molecular flexibility index (Phi) is 13.1. The van der Waals surface area contributed by atoms with E-state index in [1.54, 1.807) is 7.11 Å². The number of ether oxygens (including phenoxy) is 2. The molecule has 138 valence electrons. The lowest BCUT2D eigenvalue weighted by atomic mass is 10.2. The first kappa shape index (κ1) is 22.9. The molecule has 0 radical (unpaired) electrons. The molecule has 0 aromatic rings. The Morgan fingerprint density at radius 3 is 2.74 bits per heavy atom. The van der Waals surface area contributed by atoms with Crippen LogP contribution in [-0.4, -0.2) is 76.1 Å². The van der Waals surface area contributed by atoms with Gasteiger partial charge in [0.15, 0.2) is 5.96 Å². The summed E-state index contributed by atoms with van der Waals surface area (Å²) in [6.07, 6.45) is 0.181. The highest BCUT2D eigenvalue weighted by Crippen LogP contribution is 2.08. The molecular weight excluding hydrogens is 407 g/mol. The van der Waals surface area contributed by atoms with Gasteiger partial charge in [-0.1, -0.05) is 13.8 Å². The molecule has 1 aliphatic heterocycles. The van der Waals surface area contributed by atoms with Crippen LogP contribution in [0.4, 0.5) is 0 Å². The molecule has 1 rings (SSSR count). The van der Waals surface area contributed by atoms with Gasteiger partial charge < -0.3 is 20.1 Å². The smallest absolute Gasteiger partial charge is 0.191 e. The number of halogens is 1. The molecule has 0 spiro atoms. The molecule has 2 unspecified atom stereocenters. The Morgan fingerprint density at radius 2 is 2.13 bits per heavy atom. The minimum Gasteiger partial charge on any atom is -0.383 e. The van der Waals surface area contributed by atoms with Crippen LogP contribution in [-0.2, 0) is 9.47 Å². The third-order valence-corrected chi connectivity index (χ3v) is 3.44. The summed E-state index contributed by atoms with van der Waals surface area (Å²) in [6, 6.07) is 0.229. The first-order chi connectivity index (χ1) is 10.5. The van der Waals surface area contributed by atoms with Crippen molar-refractivity contribution in [3.8, 4) is 0 Å². The average Bonchev–Trinajstić information content (AvgIpc) is 2.45. The molecule has 0 saturated carbocycles. The second-order valence-electron chi connectivity index (χ2n) is 6.37. The van der Waals surface area contributed by atoms with E-state index in [0.29, 0.717) is 19.1 Å². The Labute approximate surface area is 158 Å². The van der Waals surface area contributed by atoms with Gasteiger partial charge in [0.25, 0.3) is 0 Å². The molecule has 0 aliphatic carbocycles. The summed E-state index contributed by atoms with van der Waals surface area (Å²) in [6.45, 7) is 14.8. The van der Waals surface area contributed by atoms with Crippen LogP contribution < -0.4 is 10.6 Å². The minimum atomic E-state index is 0. The van der Waals surface area contributed by atoms with E-state index < -0.39 is 0 Å². The number of morpholine rings is 1. The van der Waals surface area contributed by atoms with E-state index in [9.17, 15) is 0 Å². The molecule has 2 N–H and O–H groups in total. The van der Waals surface area contributed by atoms with Crippen molar-refractivity contribution in [3.05, 3.63) is 0 Å². The number of hydrogen-bond donors (Lipinski definition) is 2. The zero-order valence-corrected chi connectivity index (χ0v) is 17.6. The molecule has 6 nitrogen and oxygen atoms in total. The fraction of sp³-hybridized carbons (Fsp3) is 0.938. The van der Waals surface area contributed by atoms with Crippen molar-refractivity contribution in [3.63, 3.8) is 0 Å². The molecule has 7 heteroatoms. The summed E-state index contributed by atoms with van der Waals surface area (Å²) in [5.74, 6) is 1.52. The highest BCUT2D eigenvalue weighted by molar-refractivity contribution is 14.0. The molecule has 2 atom stereocenters. The SMILES string of the molecule is CCNC(=NCC1CN(CC(C)C)CCO1)NC(C)COC.I. The van der Waals surface area contributed by atoms with Gasteiger partial charge in [0.2, 0.25) is 0 Å². The first-order valence-corrected chi connectivity index (χ1v) is 8.42. The first-order valence-electron chi connectivity index (χ1n) is 8.42. The van der Waals surface area contributed by atoms with E-state index in [1.807, 2.05) is 0 Å².